The van der Waals surface area contributed by atoms with Gasteiger partial charge in [-0.15, -0.1) is 0 Å². The number of rotatable bonds is 4. The summed E-state index contributed by atoms with van der Waals surface area (Å²) < 4.78 is 36.9. The summed E-state index contributed by atoms with van der Waals surface area (Å²) in [5, 5.41) is 0.683. The van der Waals surface area contributed by atoms with Gasteiger partial charge in [0.25, 0.3) is 0 Å². The van der Waals surface area contributed by atoms with Gasteiger partial charge < -0.3 is 27.0 Å². The van der Waals surface area contributed by atoms with Crippen LogP contribution in [0.4, 0.5) is 5.82 Å². The monoisotopic (exact) mass is 475 g/mol. The highest BCUT2D eigenvalue weighted by atomic mass is 16.6. The van der Waals surface area contributed by atoms with Crippen LogP contribution in [0.1, 0.15) is 0 Å². The Labute approximate surface area is 202 Å². The molecule has 0 spiro atoms. The number of aromatic nitrogens is 1. The fourth-order valence-corrected chi connectivity index (χ4v) is 4.41. The Morgan fingerprint density at radius 2 is 1.47 bits per heavy atom. The van der Waals surface area contributed by atoms with Gasteiger partial charge in [0, 0.05) is 24.3 Å². The molecule has 6 aromatic rings. The highest BCUT2D eigenvalue weighted by Gasteiger charge is 2.39. The minimum absolute atomic E-state index is 0.484. The number of furan rings is 4. The molecule has 0 aliphatic carbocycles. The number of fused-ring (bicyclic) bond motifs is 3. The molecular formula is C26H14BN3O6. The van der Waals surface area contributed by atoms with Crippen molar-refractivity contribution in [1.29, 1.82) is 0 Å². The zero-order chi connectivity index (χ0) is 23.6. The van der Waals surface area contributed by atoms with Gasteiger partial charge in [0.2, 0.25) is 0 Å². The van der Waals surface area contributed by atoms with Crippen molar-refractivity contribution < 1.29 is 27.0 Å². The summed E-state index contributed by atoms with van der Waals surface area (Å²) in [5.74, 6) is 4.81. The Hall–Kier alpha value is -5.12. The normalized spacial score (nSPS) is 15.0. The van der Waals surface area contributed by atoms with Gasteiger partial charge in [-0.2, -0.15) is 0 Å². The van der Waals surface area contributed by atoms with Crippen LogP contribution < -0.4 is 20.1 Å². The number of para-hydroxylation sites is 2. The molecule has 36 heavy (non-hydrogen) atoms. The Bertz CT molecular complexity index is 1850. The van der Waals surface area contributed by atoms with Crippen LogP contribution in [0.25, 0.3) is 40.2 Å². The Balaban J connectivity index is 1.23. The van der Waals surface area contributed by atoms with E-state index in [1.165, 1.54) is 0 Å². The van der Waals surface area contributed by atoms with Crippen LogP contribution in [0.5, 0.6) is 11.5 Å². The van der Waals surface area contributed by atoms with Gasteiger partial charge in [0.15, 0.2) is 39.9 Å². The SMILES string of the molecule is C1=c2oc(-c3ccco3)cc2=N/C1=N\c1cc2oc(-c3ccco3)cc2n1B1Oc2ccccc2O1. The molecule has 5 aromatic heterocycles. The zero-order valence-corrected chi connectivity index (χ0v) is 18.5. The van der Waals surface area contributed by atoms with Gasteiger partial charge in [-0.3, -0.25) is 4.48 Å². The van der Waals surface area contributed by atoms with Gasteiger partial charge in [0.1, 0.15) is 22.7 Å². The molecule has 10 heteroatoms. The molecular weight excluding hydrogens is 461 g/mol. The maximum Gasteiger partial charge on any atom is 0.744 e. The first kappa shape index (κ1) is 19.2. The lowest BCUT2D eigenvalue weighted by atomic mass is 10.1. The average Bonchev–Trinajstić information content (AvgIpc) is 3.68. The zero-order valence-electron chi connectivity index (χ0n) is 18.5. The summed E-state index contributed by atoms with van der Waals surface area (Å²) in [6.07, 6.45) is 4.98. The molecule has 0 bridgehead atoms. The lowest BCUT2D eigenvalue weighted by molar-refractivity contribution is 0.484. The van der Waals surface area contributed by atoms with E-state index >= 15 is 0 Å². The molecule has 0 saturated carbocycles. The summed E-state index contributed by atoms with van der Waals surface area (Å²) in [7, 11) is -0.774. The second-order valence-corrected chi connectivity index (χ2v) is 8.26. The van der Waals surface area contributed by atoms with Gasteiger partial charge >= 0.3 is 7.25 Å². The quantitative estimate of drug-likeness (QED) is 0.340. The van der Waals surface area contributed by atoms with E-state index in [2.05, 4.69) is 4.99 Å². The molecule has 0 fully saturated rings. The van der Waals surface area contributed by atoms with E-state index < -0.39 is 7.25 Å². The molecule has 0 unspecified atom stereocenters. The topological polar surface area (TPSA) is 101 Å². The minimum Gasteiger partial charge on any atom is -0.503 e. The molecule has 172 valence electrons. The first-order valence-electron chi connectivity index (χ1n) is 11.2. The van der Waals surface area contributed by atoms with Crippen LogP contribution in [0.15, 0.2) is 107 Å². The van der Waals surface area contributed by atoms with Crippen LogP contribution in [0, 0.1) is 0 Å². The first-order chi connectivity index (χ1) is 17.8. The number of amidine groups is 1. The molecule has 9 nitrogen and oxygen atoms in total. The fourth-order valence-electron chi connectivity index (χ4n) is 4.41. The highest BCUT2D eigenvalue weighted by Crippen LogP contribution is 2.38. The fraction of sp³-hybridized carbons (Fsp3) is 0. The van der Waals surface area contributed by atoms with E-state index in [9.17, 15) is 0 Å². The van der Waals surface area contributed by atoms with Gasteiger partial charge in [-0.1, -0.05) is 12.1 Å². The molecule has 2 aliphatic heterocycles. The van der Waals surface area contributed by atoms with Crippen molar-refractivity contribution in [3.8, 4) is 34.5 Å². The molecule has 7 heterocycles. The van der Waals surface area contributed by atoms with Crippen molar-refractivity contribution in [1.82, 2.24) is 4.48 Å². The van der Waals surface area contributed by atoms with Crippen LogP contribution in [-0.2, 0) is 0 Å². The molecule has 0 radical (unpaired) electrons. The number of aliphatic imine (C=N–C) groups is 1. The third kappa shape index (κ3) is 2.91. The number of nitrogens with zero attached hydrogens (tertiary/aromatic N) is 3. The standard InChI is InChI=1S/C26H14BN3O6/c1-2-6-20-19(5-1)35-27(36-20)30-16-12-24(18-8-4-10-32-18)34-22(16)14-26(30)29-25-13-21-15(28-25)11-23(33-21)17-7-3-9-31-17/h1-14H/b29-25-. The van der Waals surface area contributed by atoms with Crippen LogP contribution >= 0.6 is 0 Å². The maximum absolute atomic E-state index is 6.11. The Morgan fingerprint density at radius 1 is 0.750 bits per heavy atom. The van der Waals surface area contributed by atoms with Crippen molar-refractivity contribution in [3.63, 3.8) is 0 Å². The second kappa shape index (κ2) is 7.19. The number of hydrogen-bond acceptors (Lipinski definition) is 7. The lowest BCUT2D eigenvalue weighted by Crippen LogP contribution is -2.33. The highest BCUT2D eigenvalue weighted by molar-refractivity contribution is 6.48. The Morgan fingerprint density at radius 3 is 2.14 bits per heavy atom. The second-order valence-electron chi connectivity index (χ2n) is 8.26. The van der Waals surface area contributed by atoms with E-state index in [1.54, 1.807) is 18.6 Å². The van der Waals surface area contributed by atoms with Crippen molar-refractivity contribution in [2.75, 3.05) is 0 Å². The van der Waals surface area contributed by atoms with Crippen LogP contribution in [-0.4, -0.2) is 17.6 Å². The molecule has 2 aliphatic rings. The molecule has 1 aromatic carbocycles. The van der Waals surface area contributed by atoms with E-state index in [1.807, 2.05) is 71.2 Å². The Kier molecular flexibility index (Phi) is 3.84. The summed E-state index contributed by atoms with van der Waals surface area (Å²) >= 11 is 0. The van der Waals surface area contributed by atoms with Crippen molar-refractivity contribution in [3.05, 3.63) is 90.0 Å². The van der Waals surface area contributed by atoms with Crippen molar-refractivity contribution in [2.24, 2.45) is 9.98 Å². The third-order valence-corrected chi connectivity index (χ3v) is 6.01. The largest absolute Gasteiger partial charge is 0.744 e. The smallest absolute Gasteiger partial charge is 0.503 e. The summed E-state index contributed by atoms with van der Waals surface area (Å²) in [4.78, 5) is 9.39. The predicted molar refractivity (Wildman–Crippen MR) is 130 cm³/mol. The molecule has 0 amide bonds. The summed E-state index contributed by atoms with van der Waals surface area (Å²) in [6.45, 7) is 0. The lowest BCUT2D eigenvalue weighted by Gasteiger charge is -2.09. The summed E-state index contributed by atoms with van der Waals surface area (Å²) in [5.41, 5.74) is 1.97. The predicted octanol–water partition coefficient (Wildman–Crippen LogP) is 4.80. The summed E-state index contributed by atoms with van der Waals surface area (Å²) in [6, 6.07) is 20.3. The minimum atomic E-state index is -0.774. The first-order valence-corrected chi connectivity index (χ1v) is 11.2. The molecule has 8 rings (SSSR count). The van der Waals surface area contributed by atoms with Crippen LogP contribution in [0.3, 0.4) is 0 Å². The molecule has 0 N–H and O–H groups in total. The van der Waals surface area contributed by atoms with E-state index in [0.717, 1.165) is 5.52 Å². The average molecular weight is 475 g/mol. The van der Waals surface area contributed by atoms with Gasteiger partial charge in [0.05, 0.1) is 18.0 Å². The third-order valence-electron chi connectivity index (χ3n) is 6.01. The van der Waals surface area contributed by atoms with Crippen molar-refractivity contribution in [2.45, 2.75) is 0 Å². The van der Waals surface area contributed by atoms with Crippen LogP contribution in [0.2, 0.25) is 0 Å². The van der Waals surface area contributed by atoms with E-state index in [0.29, 0.717) is 62.5 Å². The number of hydrogen-bond donors (Lipinski definition) is 0. The van der Waals surface area contributed by atoms with Gasteiger partial charge in [-0.25, -0.2) is 9.98 Å². The molecule has 0 saturated heterocycles. The van der Waals surface area contributed by atoms with Gasteiger partial charge in [-0.05, 0) is 36.4 Å². The van der Waals surface area contributed by atoms with E-state index in [-0.39, 0.29) is 0 Å². The molecule has 0 atom stereocenters. The number of benzene rings is 1. The maximum atomic E-state index is 6.11. The van der Waals surface area contributed by atoms with Crippen molar-refractivity contribution >= 4 is 36.1 Å². The van der Waals surface area contributed by atoms with E-state index in [4.69, 9.17) is 32.0 Å².